The van der Waals surface area contributed by atoms with Crippen molar-refractivity contribution in [3.05, 3.63) is 23.9 Å². The first-order chi connectivity index (χ1) is 11.1. The fourth-order valence-corrected chi connectivity index (χ4v) is 2.92. The second-order valence-electron chi connectivity index (χ2n) is 6.38. The molecule has 1 saturated heterocycles. The lowest BCUT2D eigenvalue weighted by atomic mass is 10.1. The van der Waals surface area contributed by atoms with Crippen LogP contribution < -0.4 is 10.6 Å². The quantitative estimate of drug-likeness (QED) is 0.756. The number of terminal acetylenes is 1. The number of anilines is 1. The number of aromatic nitrogens is 1. The number of hydrogen-bond donors (Lipinski definition) is 2. The third kappa shape index (κ3) is 5.26. The molecule has 124 valence electrons. The fourth-order valence-electron chi connectivity index (χ4n) is 2.92. The van der Waals surface area contributed by atoms with Gasteiger partial charge in [-0.15, -0.1) is 6.42 Å². The monoisotopic (exact) mass is 314 g/mol. The van der Waals surface area contributed by atoms with Crippen LogP contribution in [0.2, 0.25) is 0 Å². The number of carbonyl (C=O) groups is 1. The molecule has 0 aliphatic carbocycles. The van der Waals surface area contributed by atoms with Gasteiger partial charge in [0, 0.05) is 25.3 Å². The lowest BCUT2D eigenvalue weighted by Gasteiger charge is -2.26. The van der Waals surface area contributed by atoms with Gasteiger partial charge in [0.15, 0.2) is 0 Å². The van der Waals surface area contributed by atoms with Crippen LogP contribution in [0, 0.1) is 18.3 Å². The lowest BCUT2D eigenvalue weighted by molar-refractivity contribution is 0.0958. The van der Waals surface area contributed by atoms with E-state index in [4.69, 9.17) is 6.42 Å². The summed E-state index contributed by atoms with van der Waals surface area (Å²) in [4.78, 5) is 18.6. The maximum absolute atomic E-state index is 11.8. The highest BCUT2D eigenvalue weighted by Gasteiger charge is 2.24. The number of amides is 1. The molecule has 0 aromatic carbocycles. The van der Waals surface area contributed by atoms with E-state index in [0.717, 1.165) is 18.9 Å². The fraction of sp³-hybridized carbons (Fsp3) is 0.556. The van der Waals surface area contributed by atoms with Crippen LogP contribution >= 0.6 is 0 Å². The second kappa shape index (κ2) is 8.54. The van der Waals surface area contributed by atoms with Gasteiger partial charge in [0.25, 0.3) is 5.91 Å². The maximum Gasteiger partial charge on any atom is 0.253 e. The Balaban J connectivity index is 1.84. The number of pyridine rings is 1. The van der Waals surface area contributed by atoms with Crippen molar-refractivity contribution < 1.29 is 4.79 Å². The Hall–Kier alpha value is -2.06. The molecule has 2 N–H and O–H groups in total. The van der Waals surface area contributed by atoms with Crippen molar-refractivity contribution in [1.29, 1.82) is 0 Å². The first-order valence-corrected chi connectivity index (χ1v) is 8.25. The molecule has 1 amide bonds. The summed E-state index contributed by atoms with van der Waals surface area (Å²) in [7, 11) is 0. The molecule has 0 spiro atoms. The van der Waals surface area contributed by atoms with Crippen LogP contribution in [-0.4, -0.2) is 48.0 Å². The summed E-state index contributed by atoms with van der Waals surface area (Å²) in [6, 6.07) is 4.17. The van der Waals surface area contributed by atoms with E-state index in [-0.39, 0.29) is 12.5 Å². The average molecular weight is 314 g/mol. The first kappa shape index (κ1) is 17.3. The van der Waals surface area contributed by atoms with Crippen molar-refractivity contribution in [3.63, 3.8) is 0 Å². The van der Waals surface area contributed by atoms with Crippen molar-refractivity contribution in [3.8, 4) is 12.3 Å². The lowest BCUT2D eigenvalue weighted by Crippen LogP contribution is -2.37. The Kier molecular flexibility index (Phi) is 6.42. The van der Waals surface area contributed by atoms with E-state index in [2.05, 4.69) is 40.3 Å². The molecule has 1 fully saturated rings. The molecule has 1 aromatic heterocycles. The van der Waals surface area contributed by atoms with Crippen molar-refractivity contribution >= 4 is 11.7 Å². The standard InChI is InChI=1S/C18H26N4O/c1-4-9-19-18(23)15-7-8-17(20-11-15)21-12-16-6-5-10-22(16)13-14(2)3/h1,7-8,11,14,16H,5-6,9-10,12-13H2,2-3H3,(H,19,23)(H,20,21)/t16-/m1/s1. The van der Waals surface area contributed by atoms with Gasteiger partial charge >= 0.3 is 0 Å². The molecule has 1 atom stereocenters. The summed E-state index contributed by atoms with van der Waals surface area (Å²) in [6.45, 7) is 7.97. The summed E-state index contributed by atoms with van der Waals surface area (Å²) in [5.74, 6) is 3.68. The molecule has 0 radical (unpaired) electrons. The van der Waals surface area contributed by atoms with Crippen molar-refractivity contribution in [1.82, 2.24) is 15.2 Å². The molecule has 1 aliphatic heterocycles. The van der Waals surface area contributed by atoms with Crippen LogP contribution in [0.5, 0.6) is 0 Å². The number of nitrogens with one attached hydrogen (secondary N) is 2. The van der Waals surface area contributed by atoms with Gasteiger partial charge in [0.05, 0.1) is 12.1 Å². The third-order valence-electron chi connectivity index (χ3n) is 3.99. The van der Waals surface area contributed by atoms with Gasteiger partial charge in [0.1, 0.15) is 5.82 Å². The van der Waals surface area contributed by atoms with E-state index in [1.807, 2.05) is 6.07 Å². The van der Waals surface area contributed by atoms with Crippen molar-refractivity contribution in [2.24, 2.45) is 5.92 Å². The highest BCUT2D eigenvalue weighted by Crippen LogP contribution is 2.19. The van der Waals surface area contributed by atoms with Crippen LogP contribution in [-0.2, 0) is 0 Å². The van der Waals surface area contributed by atoms with E-state index >= 15 is 0 Å². The van der Waals surface area contributed by atoms with E-state index in [1.54, 1.807) is 12.3 Å². The summed E-state index contributed by atoms with van der Waals surface area (Å²) >= 11 is 0. The number of likely N-dealkylation sites (tertiary alicyclic amines) is 1. The Morgan fingerprint density at radius 2 is 2.35 bits per heavy atom. The van der Waals surface area contributed by atoms with Crippen molar-refractivity contribution in [2.45, 2.75) is 32.7 Å². The predicted molar refractivity (Wildman–Crippen MR) is 93.3 cm³/mol. The van der Waals surface area contributed by atoms with Gasteiger partial charge < -0.3 is 10.6 Å². The topological polar surface area (TPSA) is 57.3 Å². The smallest absolute Gasteiger partial charge is 0.253 e. The summed E-state index contributed by atoms with van der Waals surface area (Å²) < 4.78 is 0. The highest BCUT2D eigenvalue weighted by molar-refractivity contribution is 5.94. The van der Waals surface area contributed by atoms with Crippen molar-refractivity contribution in [2.75, 3.05) is 31.5 Å². The SMILES string of the molecule is C#CCNC(=O)c1ccc(NC[C@H]2CCCN2CC(C)C)nc1. The van der Waals surface area contributed by atoms with E-state index < -0.39 is 0 Å². The van der Waals surface area contributed by atoms with Crippen LogP contribution in [0.25, 0.3) is 0 Å². The van der Waals surface area contributed by atoms with Gasteiger partial charge in [-0.3, -0.25) is 9.69 Å². The third-order valence-corrected chi connectivity index (χ3v) is 3.99. The Labute approximate surface area is 138 Å². The molecule has 1 aromatic rings. The minimum Gasteiger partial charge on any atom is -0.369 e. The second-order valence-corrected chi connectivity index (χ2v) is 6.38. The summed E-state index contributed by atoms with van der Waals surface area (Å²) in [5, 5.41) is 6.01. The van der Waals surface area contributed by atoms with Crippen LogP contribution in [0.3, 0.4) is 0 Å². The van der Waals surface area contributed by atoms with Gasteiger partial charge in [-0.2, -0.15) is 0 Å². The van der Waals surface area contributed by atoms with Gasteiger partial charge in [-0.1, -0.05) is 19.8 Å². The van der Waals surface area contributed by atoms with Gasteiger partial charge in [0.2, 0.25) is 0 Å². The first-order valence-electron chi connectivity index (χ1n) is 8.25. The summed E-state index contributed by atoms with van der Waals surface area (Å²) in [5.41, 5.74) is 0.521. The average Bonchev–Trinajstić information content (AvgIpc) is 2.97. The zero-order valence-corrected chi connectivity index (χ0v) is 14.0. The zero-order chi connectivity index (χ0) is 16.7. The molecule has 0 unspecified atom stereocenters. The minimum absolute atomic E-state index is 0.194. The van der Waals surface area contributed by atoms with E-state index in [9.17, 15) is 4.79 Å². The molecule has 23 heavy (non-hydrogen) atoms. The van der Waals surface area contributed by atoms with Crippen LogP contribution in [0.15, 0.2) is 18.3 Å². The molecule has 2 heterocycles. The Morgan fingerprint density at radius 3 is 3.00 bits per heavy atom. The zero-order valence-electron chi connectivity index (χ0n) is 14.0. The molecule has 0 bridgehead atoms. The number of hydrogen-bond acceptors (Lipinski definition) is 4. The molecular formula is C18H26N4O. The number of nitrogens with zero attached hydrogens (tertiary/aromatic N) is 2. The molecule has 5 nitrogen and oxygen atoms in total. The van der Waals surface area contributed by atoms with Gasteiger partial charge in [-0.05, 0) is 37.4 Å². The Bertz CT molecular complexity index is 547. The Morgan fingerprint density at radius 1 is 1.52 bits per heavy atom. The molecule has 0 saturated carbocycles. The molecule has 5 heteroatoms. The molecule has 2 rings (SSSR count). The molecular weight excluding hydrogens is 288 g/mol. The van der Waals surface area contributed by atoms with Crippen LogP contribution in [0.4, 0.5) is 5.82 Å². The predicted octanol–water partition coefficient (Wildman–Crippen LogP) is 1.98. The number of carbonyl (C=O) groups excluding carboxylic acids is 1. The van der Waals surface area contributed by atoms with E-state index in [0.29, 0.717) is 17.5 Å². The number of rotatable bonds is 7. The normalized spacial score (nSPS) is 17.9. The minimum atomic E-state index is -0.194. The highest BCUT2D eigenvalue weighted by atomic mass is 16.1. The largest absolute Gasteiger partial charge is 0.369 e. The van der Waals surface area contributed by atoms with E-state index in [1.165, 1.54) is 19.4 Å². The molecule has 1 aliphatic rings. The maximum atomic E-state index is 11.8. The van der Waals surface area contributed by atoms with Crippen LogP contribution in [0.1, 0.15) is 37.0 Å². The summed E-state index contributed by atoms with van der Waals surface area (Å²) in [6.07, 6.45) is 9.20. The van der Waals surface area contributed by atoms with Gasteiger partial charge in [-0.25, -0.2) is 4.98 Å².